The number of carboxylic acids is 1. The van der Waals surface area contributed by atoms with Gasteiger partial charge in [-0.05, 0) is 41.5 Å². The predicted molar refractivity (Wildman–Crippen MR) is 90.8 cm³/mol. The van der Waals surface area contributed by atoms with Crippen LogP contribution in [0.15, 0.2) is 30.3 Å². The molecule has 0 bridgehead atoms. The lowest BCUT2D eigenvalue weighted by atomic mass is 9.85. The lowest BCUT2D eigenvalue weighted by Crippen LogP contribution is -2.11. The van der Waals surface area contributed by atoms with Crippen LogP contribution in [0.3, 0.4) is 0 Å². The average Bonchev–Trinajstić information content (AvgIpc) is 2.41. The number of benzene rings is 2. The zero-order valence-corrected chi connectivity index (χ0v) is 13.7. The van der Waals surface area contributed by atoms with Gasteiger partial charge in [0.1, 0.15) is 5.75 Å². The summed E-state index contributed by atoms with van der Waals surface area (Å²) in [5, 5.41) is 19.3. The van der Waals surface area contributed by atoms with E-state index in [-0.39, 0.29) is 44.9 Å². The number of phenols is 1. The SMILES string of the molecule is Cl.O=C(O)C1=Cc2cc(C(=O)c3c(Cl)cccc3Cl)c(O)cc21. The van der Waals surface area contributed by atoms with Crippen LogP contribution >= 0.6 is 35.6 Å². The molecule has 2 N–H and O–H groups in total. The van der Waals surface area contributed by atoms with Gasteiger partial charge < -0.3 is 10.2 Å². The van der Waals surface area contributed by atoms with Crippen LogP contribution in [-0.2, 0) is 4.79 Å². The molecule has 2 aromatic carbocycles. The highest BCUT2D eigenvalue weighted by molar-refractivity contribution is 6.41. The molecule has 0 heterocycles. The zero-order valence-electron chi connectivity index (χ0n) is 11.3. The van der Waals surface area contributed by atoms with Gasteiger partial charge in [-0.15, -0.1) is 12.4 Å². The largest absolute Gasteiger partial charge is 0.507 e. The Morgan fingerprint density at radius 1 is 1.04 bits per heavy atom. The zero-order chi connectivity index (χ0) is 16.0. The lowest BCUT2D eigenvalue weighted by molar-refractivity contribution is -0.130. The molecule has 0 aliphatic heterocycles. The average molecular weight is 372 g/mol. The Balaban J connectivity index is 0.00000192. The van der Waals surface area contributed by atoms with Gasteiger partial charge in [0.25, 0.3) is 0 Å². The molecule has 2 aromatic rings. The second kappa shape index (κ2) is 6.24. The monoisotopic (exact) mass is 370 g/mol. The third kappa shape index (κ3) is 2.81. The van der Waals surface area contributed by atoms with E-state index >= 15 is 0 Å². The number of phenolic OH excluding ortho intramolecular Hbond substituents is 1. The highest BCUT2D eigenvalue weighted by Crippen LogP contribution is 2.38. The number of fused-ring (bicyclic) bond motifs is 1. The van der Waals surface area contributed by atoms with Crippen molar-refractivity contribution in [2.45, 2.75) is 0 Å². The van der Waals surface area contributed by atoms with E-state index in [1.807, 2.05) is 0 Å². The van der Waals surface area contributed by atoms with Crippen LogP contribution < -0.4 is 0 Å². The Labute approximate surface area is 147 Å². The molecule has 0 fully saturated rings. The normalized spacial score (nSPS) is 11.7. The standard InChI is InChI=1S/C16H8Cl2O4.ClH/c17-11-2-1-3-12(18)14(11)15(20)10-5-7-4-9(16(21)22)8(7)6-13(10)19;/h1-6,19H,(H,21,22);1H. The van der Waals surface area contributed by atoms with E-state index in [9.17, 15) is 14.7 Å². The summed E-state index contributed by atoms with van der Waals surface area (Å²) in [5.74, 6) is -1.92. The summed E-state index contributed by atoms with van der Waals surface area (Å²) in [6, 6.07) is 7.36. The summed E-state index contributed by atoms with van der Waals surface area (Å²) >= 11 is 12.0. The Morgan fingerprint density at radius 3 is 2.22 bits per heavy atom. The van der Waals surface area contributed by atoms with Gasteiger partial charge in [0.05, 0.1) is 26.7 Å². The van der Waals surface area contributed by atoms with Gasteiger partial charge in [0.2, 0.25) is 0 Å². The molecule has 7 heteroatoms. The van der Waals surface area contributed by atoms with Crippen molar-refractivity contribution < 1.29 is 19.8 Å². The quantitative estimate of drug-likeness (QED) is 0.789. The maximum atomic E-state index is 12.5. The third-order valence-corrected chi connectivity index (χ3v) is 4.05. The molecule has 0 aromatic heterocycles. The van der Waals surface area contributed by atoms with Gasteiger partial charge in [-0.3, -0.25) is 4.79 Å². The van der Waals surface area contributed by atoms with Crippen LogP contribution in [0.1, 0.15) is 27.0 Å². The Kier molecular flexibility index (Phi) is 4.71. The number of hydrogen-bond acceptors (Lipinski definition) is 3. The molecule has 0 spiro atoms. The van der Waals surface area contributed by atoms with Crippen LogP contribution in [-0.4, -0.2) is 22.0 Å². The number of halogens is 3. The van der Waals surface area contributed by atoms with E-state index in [0.29, 0.717) is 11.1 Å². The van der Waals surface area contributed by atoms with Gasteiger partial charge in [-0.25, -0.2) is 4.79 Å². The second-order valence-corrected chi connectivity index (χ2v) is 5.56. The molecular weight excluding hydrogens is 363 g/mol. The molecule has 0 saturated heterocycles. The lowest BCUT2D eigenvalue weighted by Gasteiger charge is -2.19. The third-order valence-electron chi connectivity index (χ3n) is 3.42. The minimum absolute atomic E-state index is 0. The first-order valence-corrected chi connectivity index (χ1v) is 6.97. The molecule has 0 amide bonds. The van der Waals surface area contributed by atoms with Crippen molar-refractivity contribution >= 4 is 59.0 Å². The van der Waals surface area contributed by atoms with E-state index in [2.05, 4.69) is 0 Å². The van der Waals surface area contributed by atoms with Crippen molar-refractivity contribution in [1.29, 1.82) is 0 Å². The van der Waals surface area contributed by atoms with Crippen molar-refractivity contribution in [2.75, 3.05) is 0 Å². The van der Waals surface area contributed by atoms with Crippen LogP contribution in [0, 0.1) is 0 Å². The van der Waals surface area contributed by atoms with Crippen molar-refractivity contribution in [2.24, 2.45) is 0 Å². The van der Waals surface area contributed by atoms with Crippen LogP contribution in [0.5, 0.6) is 5.75 Å². The Bertz CT molecular complexity index is 852. The molecular formula is C16H9Cl3O4. The van der Waals surface area contributed by atoms with Gasteiger partial charge in [0, 0.05) is 0 Å². The minimum Gasteiger partial charge on any atom is -0.507 e. The molecule has 0 unspecified atom stereocenters. The smallest absolute Gasteiger partial charge is 0.336 e. The maximum Gasteiger partial charge on any atom is 0.336 e. The predicted octanol–water partition coefficient (Wildman–Crippen LogP) is 4.29. The van der Waals surface area contributed by atoms with Crippen LogP contribution in [0.4, 0.5) is 0 Å². The summed E-state index contributed by atoms with van der Waals surface area (Å²) in [6.07, 6.45) is 1.43. The molecule has 118 valence electrons. The number of aromatic hydroxyl groups is 1. The first-order valence-electron chi connectivity index (χ1n) is 6.21. The Morgan fingerprint density at radius 2 is 1.65 bits per heavy atom. The topological polar surface area (TPSA) is 74.6 Å². The number of carbonyl (C=O) groups is 2. The molecule has 0 atom stereocenters. The van der Waals surface area contributed by atoms with Crippen molar-refractivity contribution in [3.63, 3.8) is 0 Å². The van der Waals surface area contributed by atoms with Gasteiger partial charge in [-0.1, -0.05) is 29.3 Å². The summed E-state index contributed by atoms with van der Waals surface area (Å²) in [7, 11) is 0. The molecule has 1 aliphatic carbocycles. The number of ketones is 1. The molecule has 3 rings (SSSR count). The van der Waals surface area contributed by atoms with E-state index in [1.165, 1.54) is 30.3 Å². The van der Waals surface area contributed by atoms with Crippen molar-refractivity contribution in [3.8, 4) is 5.75 Å². The highest BCUT2D eigenvalue weighted by Gasteiger charge is 2.27. The van der Waals surface area contributed by atoms with E-state index < -0.39 is 11.8 Å². The molecule has 4 nitrogen and oxygen atoms in total. The summed E-state index contributed by atoms with van der Waals surface area (Å²) in [4.78, 5) is 23.5. The van der Waals surface area contributed by atoms with E-state index in [0.717, 1.165) is 0 Å². The molecule has 23 heavy (non-hydrogen) atoms. The number of carbonyl (C=O) groups excluding carboxylic acids is 1. The first kappa shape index (κ1) is 17.3. The second-order valence-electron chi connectivity index (χ2n) is 4.75. The first-order chi connectivity index (χ1) is 10.4. The van der Waals surface area contributed by atoms with E-state index in [1.54, 1.807) is 6.07 Å². The minimum atomic E-state index is -1.08. The van der Waals surface area contributed by atoms with Crippen LogP contribution in [0.25, 0.3) is 11.6 Å². The summed E-state index contributed by atoms with van der Waals surface area (Å²) in [5.41, 5.74) is 1.19. The number of rotatable bonds is 3. The summed E-state index contributed by atoms with van der Waals surface area (Å²) in [6.45, 7) is 0. The fourth-order valence-corrected chi connectivity index (χ4v) is 2.89. The number of hydrogen-bond donors (Lipinski definition) is 2. The van der Waals surface area contributed by atoms with E-state index in [4.69, 9.17) is 28.3 Å². The van der Waals surface area contributed by atoms with Crippen molar-refractivity contribution in [3.05, 3.63) is 62.6 Å². The molecule has 0 saturated carbocycles. The van der Waals surface area contributed by atoms with Gasteiger partial charge >= 0.3 is 5.97 Å². The number of carboxylic acid groups (broad SMARTS) is 1. The Hall–Kier alpha value is -2.01. The highest BCUT2D eigenvalue weighted by atomic mass is 35.5. The fourth-order valence-electron chi connectivity index (χ4n) is 2.32. The van der Waals surface area contributed by atoms with Crippen molar-refractivity contribution in [1.82, 2.24) is 0 Å². The molecule has 1 aliphatic rings. The summed E-state index contributed by atoms with van der Waals surface area (Å²) < 4.78 is 0. The fraction of sp³-hybridized carbons (Fsp3) is 0. The van der Waals surface area contributed by atoms with Gasteiger partial charge in [-0.2, -0.15) is 0 Å². The van der Waals surface area contributed by atoms with Crippen LogP contribution in [0.2, 0.25) is 10.0 Å². The number of aliphatic carboxylic acids is 1. The maximum absolute atomic E-state index is 12.5. The van der Waals surface area contributed by atoms with Gasteiger partial charge in [0.15, 0.2) is 5.78 Å². The molecule has 0 radical (unpaired) electrons.